The van der Waals surface area contributed by atoms with Crippen LogP contribution in [-0.4, -0.2) is 25.0 Å². The van der Waals surface area contributed by atoms with Gasteiger partial charge in [0.25, 0.3) is 5.91 Å². The van der Waals surface area contributed by atoms with E-state index in [1.165, 1.54) is 6.26 Å². The molecule has 0 fully saturated rings. The second-order valence-electron chi connectivity index (χ2n) is 6.61. The van der Waals surface area contributed by atoms with Gasteiger partial charge < -0.3 is 25.1 Å². The first-order chi connectivity index (χ1) is 14.7. The molecule has 1 heterocycles. The number of rotatable bonds is 10. The van der Waals surface area contributed by atoms with Crippen LogP contribution in [-0.2, 0) is 4.79 Å². The molecule has 0 aliphatic heterocycles. The van der Waals surface area contributed by atoms with E-state index in [0.29, 0.717) is 29.4 Å². The van der Waals surface area contributed by atoms with E-state index in [-0.39, 0.29) is 24.1 Å². The summed E-state index contributed by atoms with van der Waals surface area (Å²) in [4.78, 5) is 24.5. The fourth-order valence-corrected chi connectivity index (χ4v) is 2.71. The molecule has 0 unspecified atom stereocenters. The smallest absolute Gasteiger partial charge is 0.291 e. The van der Waals surface area contributed by atoms with E-state index in [2.05, 4.69) is 22.9 Å². The van der Waals surface area contributed by atoms with E-state index in [0.717, 1.165) is 12.8 Å². The topological polar surface area (TPSA) is 92.6 Å². The molecule has 0 atom stereocenters. The second kappa shape index (κ2) is 10.7. The summed E-state index contributed by atoms with van der Waals surface area (Å²) in [7, 11) is 0. The number of para-hydroxylation sites is 2. The monoisotopic (exact) mass is 407 g/mol. The van der Waals surface area contributed by atoms with Crippen LogP contribution in [0.4, 0.5) is 17.1 Å². The van der Waals surface area contributed by atoms with Gasteiger partial charge in [0.1, 0.15) is 5.75 Å². The molecular weight excluding hydrogens is 382 g/mol. The molecule has 30 heavy (non-hydrogen) atoms. The molecule has 1 aromatic heterocycles. The van der Waals surface area contributed by atoms with E-state index in [9.17, 15) is 9.59 Å². The van der Waals surface area contributed by atoms with Gasteiger partial charge in [-0.05, 0) is 48.9 Å². The standard InChI is InChI=1S/C23H25N3O4/c1-2-3-13-29-20-11-5-4-10-19(20)26-22(27)16-24-17-8-6-9-18(15-17)25-23(28)21-12-7-14-30-21/h4-12,14-15,24H,2-3,13,16H2,1H3,(H,25,28)(H,26,27). The normalized spacial score (nSPS) is 10.3. The van der Waals surface area contributed by atoms with Crippen LogP contribution < -0.4 is 20.7 Å². The minimum absolute atomic E-state index is 0.0683. The second-order valence-corrected chi connectivity index (χ2v) is 6.61. The number of amides is 2. The molecule has 0 radical (unpaired) electrons. The number of nitrogens with one attached hydrogen (secondary N) is 3. The van der Waals surface area contributed by atoms with Crippen LogP contribution in [0.1, 0.15) is 30.3 Å². The zero-order valence-corrected chi connectivity index (χ0v) is 16.8. The van der Waals surface area contributed by atoms with Crippen molar-refractivity contribution < 1.29 is 18.7 Å². The number of ether oxygens (including phenoxy) is 1. The SMILES string of the molecule is CCCCOc1ccccc1NC(=O)CNc1cccc(NC(=O)c2ccco2)c1. The Balaban J connectivity index is 1.53. The number of hydrogen-bond acceptors (Lipinski definition) is 5. The number of anilines is 3. The fourth-order valence-electron chi connectivity index (χ4n) is 2.71. The Morgan fingerprint density at radius 1 is 0.967 bits per heavy atom. The van der Waals surface area contributed by atoms with Crippen molar-refractivity contribution in [3.63, 3.8) is 0 Å². The third-order valence-electron chi connectivity index (χ3n) is 4.24. The lowest BCUT2D eigenvalue weighted by Gasteiger charge is -2.13. The summed E-state index contributed by atoms with van der Waals surface area (Å²) in [6, 6.07) is 17.7. The van der Waals surface area contributed by atoms with E-state index < -0.39 is 0 Å². The van der Waals surface area contributed by atoms with Gasteiger partial charge in [-0.1, -0.05) is 31.5 Å². The molecule has 3 rings (SSSR count). The first-order valence-electron chi connectivity index (χ1n) is 9.86. The van der Waals surface area contributed by atoms with Crippen molar-refractivity contribution in [1.29, 1.82) is 0 Å². The Hall–Kier alpha value is -3.74. The minimum atomic E-state index is -0.338. The van der Waals surface area contributed by atoms with Gasteiger partial charge in [-0.3, -0.25) is 9.59 Å². The van der Waals surface area contributed by atoms with Crippen LogP contribution in [0.15, 0.2) is 71.3 Å². The Kier molecular flexibility index (Phi) is 7.49. The Labute approximate surface area is 175 Å². The largest absolute Gasteiger partial charge is 0.491 e. The lowest BCUT2D eigenvalue weighted by Crippen LogP contribution is -2.22. The molecule has 0 bridgehead atoms. The van der Waals surface area contributed by atoms with Crippen LogP contribution >= 0.6 is 0 Å². The molecule has 0 aliphatic rings. The van der Waals surface area contributed by atoms with Crippen LogP contribution in [0, 0.1) is 0 Å². The summed E-state index contributed by atoms with van der Waals surface area (Å²) in [6.07, 6.45) is 3.44. The third-order valence-corrected chi connectivity index (χ3v) is 4.24. The highest BCUT2D eigenvalue weighted by atomic mass is 16.5. The summed E-state index contributed by atoms with van der Waals surface area (Å²) in [5.41, 5.74) is 1.94. The number of hydrogen-bond donors (Lipinski definition) is 3. The molecular formula is C23H25N3O4. The summed E-state index contributed by atoms with van der Waals surface area (Å²) in [5.74, 6) is 0.343. The predicted molar refractivity (Wildman–Crippen MR) is 117 cm³/mol. The average molecular weight is 407 g/mol. The van der Waals surface area contributed by atoms with E-state index in [4.69, 9.17) is 9.15 Å². The molecule has 0 saturated heterocycles. The first-order valence-corrected chi connectivity index (χ1v) is 9.86. The van der Waals surface area contributed by atoms with Crippen molar-refractivity contribution in [2.75, 3.05) is 29.1 Å². The Bertz CT molecular complexity index is 970. The van der Waals surface area contributed by atoms with Gasteiger partial charge in [-0.25, -0.2) is 0 Å². The van der Waals surface area contributed by atoms with Crippen molar-refractivity contribution in [2.45, 2.75) is 19.8 Å². The summed E-state index contributed by atoms with van der Waals surface area (Å²) < 4.78 is 10.8. The lowest BCUT2D eigenvalue weighted by molar-refractivity contribution is -0.114. The number of furan rings is 1. The van der Waals surface area contributed by atoms with Gasteiger partial charge in [0.2, 0.25) is 5.91 Å². The Morgan fingerprint density at radius 3 is 2.60 bits per heavy atom. The number of benzene rings is 2. The summed E-state index contributed by atoms with van der Waals surface area (Å²) in [6.45, 7) is 2.77. The highest BCUT2D eigenvalue weighted by Gasteiger charge is 2.10. The molecule has 2 amide bonds. The predicted octanol–water partition coefficient (Wildman–Crippen LogP) is 4.76. The van der Waals surface area contributed by atoms with Crippen molar-refractivity contribution in [2.24, 2.45) is 0 Å². The van der Waals surface area contributed by atoms with E-state index in [1.54, 1.807) is 30.3 Å². The lowest BCUT2D eigenvalue weighted by atomic mass is 10.2. The molecule has 3 aromatic rings. The highest BCUT2D eigenvalue weighted by molar-refractivity contribution is 6.02. The zero-order chi connectivity index (χ0) is 21.2. The van der Waals surface area contributed by atoms with Gasteiger partial charge >= 0.3 is 0 Å². The van der Waals surface area contributed by atoms with Crippen LogP contribution in [0.25, 0.3) is 0 Å². The number of carbonyl (C=O) groups is 2. The van der Waals surface area contributed by atoms with Crippen LogP contribution in [0.5, 0.6) is 5.75 Å². The molecule has 7 nitrogen and oxygen atoms in total. The van der Waals surface area contributed by atoms with Crippen molar-refractivity contribution in [3.05, 3.63) is 72.7 Å². The number of unbranched alkanes of at least 4 members (excludes halogenated alkanes) is 1. The van der Waals surface area contributed by atoms with Crippen LogP contribution in [0.3, 0.4) is 0 Å². The molecule has 0 aliphatic carbocycles. The Morgan fingerprint density at radius 2 is 1.80 bits per heavy atom. The van der Waals surface area contributed by atoms with Crippen molar-refractivity contribution in [3.8, 4) is 5.75 Å². The fraction of sp³-hybridized carbons (Fsp3) is 0.217. The maximum atomic E-state index is 12.4. The highest BCUT2D eigenvalue weighted by Crippen LogP contribution is 2.24. The van der Waals surface area contributed by atoms with Gasteiger partial charge in [-0.2, -0.15) is 0 Å². The van der Waals surface area contributed by atoms with Gasteiger partial charge in [0.15, 0.2) is 5.76 Å². The third kappa shape index (κ3) is 6.13. The first kappa shape index (κ1) is 21.0. The van der Waals surface area contributed by atoms with Gasteiger partial charge in [0.05, 0.1) is 25.1 Å². The molecule has 2 aromatic carbocycles. The van der Waals surface area contributed by atoms with Crippen LogP contribution in [0.2, 0.25) is 0 Å². The number of carbonyl (C=O) groups excluding carboxylic acids is 2. The zero-order valence-electron chi connectivity index (χ0n) is 16.8. The van der Waals surface area contributed by atoms with E-state index >= 15 is 0 Å². The molecule has 7 heteroatoms. The molecule has 156 valence electrons. The summed E-state index contributed by atoms with van der Waals surface area (Å²) in [5, 5.41) is 8.68. The molecule has 0 spiro atoms. The molecule has 0 saturated carbocycles. The maximum Gasteiger partial charge on any atom is 0.291 e. The van der Waals surface area contributed by atoms with Gasteiger partial charge in [0, 0.05) is 11.4 Å². The maximum absolute atomic E-state index is 12.4. The molecule has 3 N–H and O–H groups in total. The van der Waals surface area contributed by atoms with Gasteiger partial charge in [-0.15, -0.1) is 0 Å². The van der Waals surface area contributed by atoms with E-state index in [1.807, 2.05) is 30.3 Å². The minimum Gasteiger partial charge on any atom is -0.491 e. The quantitative estimate of drug-likeness (QED) is 0.421. The van der Waals surface area contributed by atoms with Crippen molar-refractivity contribution >= 4 is 28.9 Å². The van der Waals surface area contributed by atoms with Crippen molar-refractivity contribution in [1.82, 2.24) is 0 Å². The average Bonchev–Trinajstić information content (AvgIpc) is 3.29. The summed E-state index contributed by atoms with van der Waals surface area (Å²) >= 11 is 0.